The van der Waals surface area contributed by atoms with Gasteiger partial charge in [-0.25, -0.2) is 0 Å². The fourth-order valence-electron chi connectivity index (χ4n) is 0.725. The number of amides is 1. The Morgan fingerprint density at radius 3 is 2.31 bits per heavy atom. The van der Waals surface area contributed by atoms with Crippen LogP contribution in [-0.4, -0.2) is 44.3 Å². The quantitative estimate of drug-likeness (QED) is 0.302. The summed E-state index contributed by atoms with van der Waals surface area (Å²) in [4.78, 5) is 24.7. The minimum absolute atomic E-state index is 0. The predicted octanol–water partition coefficient (Wildman–Crippen LogP) is -4.88. The molecule has 87 valence electrons. The molecule has 1 radical (unpaired) electrons. The molecule has 0 bridgehead atoms. The number of aliphatic carboxylic acids is 1. The second-order valence-electron chi connectivity index (χ2n) is 2.51. The number of carboxylic acid groups (broad SMARTS) is 1. The van der Waals surface area contributed by atoms with E-state index in [-0.39, 0.29) is 55.6 Å². The number of nitrogens with two attached hydrogens (primary N) is 1. The first-order valence-corrected chi connectivity index (χ1v) is 5.21. The molecular formula is C8H13N2NaO3SSe-. The molecular weight excluding hydrogens is 306 g/mol. The van der Waals surface area contributed by atoms with Gasteiger partial charge >= 0.3 is 125 Å². The van der Waals surface area contributed by atoms with Crippen LogP contribution in [-0.2, 0) is 22.2 Å². The van der Waals surface area contributed by atoms with Crippen LogP contribution in [0.2, 0.25) is 0 Å². The van der Waals surface area contributed by atoms with Gasteiger partial charge in [-0.05, 0) is 0 Å². The van der Waals surface area contributed by atoms with Crippen molar-refractivity contribution >= 4 is 45.1 Å². The molecule has 0 fully saturated rings. The topological polar surface area (TPSA) is 95.6 Å². The molecule has 0 aliphatic carbocycles. The predicted molar refractivity (Wildman–Crippen MR) is 59.4 cm³/mol. The van der Waals surface area contributed by atoms with Crippen molar-refractivity contribution in [1.29, 1.82) is 0 Å². The number of aliphatic imine (C=N–C) groups is 1. The van der Waals surface area contributed by atoms with E-state index in [4.69, 9.17) is 5.73 Å². The maximum atomic E-state index is 10.5. The van der Waals surface area contributed by atoms with Crippen molar-refractivity contribution < 1.29 is 44.3 Å². The molecule has 5 nitrogen and oxygen atoms in total. The Balaban J connectivity index is -0.000000845. The van der Waals surface area contributed by atoms with Crippen LogP contribution in [0.25, 0.3) is 0 Å². The number of hydrogen-bond acceptors (Lipinski definition) is 5. The Hall–Kier alpha value is 0.479. The molecule has 1 amide bonds. The molecule has 0 spiro atoms. The van der Waals surface area contributed by atoms with Crippen molar-refractivity contribution in [2.45, 2.75) is 26.3 Å². The first-order valence-electron chi connectivity index (χ1n) is 3.78. The van der Waals surface area contributed by atoms with E-state index in [2.05, 4.69) is 33.6 Å². The molecule has 0 aromatic rings. The second kappa shape index (κ2) is 12.0. The number of rotatable bonds is 6. The molecule has 0 aliphatic heterocycles. The van der Waals surface area contributed by atoms with E-state index in [0.29, 0.717) is 4.61 Å². The maximum Gasteiger partial charge on any atom is 1.00 e. The van der Waals surface area contributed by atoms with Crippen LogP contribution in [0.15, 0.2) is 4.99 Å². The standard InChI is InChI=1S/C7H11N2O3SSe.CH4.Na/c8-5(10)2-1-4(7(11)12)9-6(14)3-13;;/h4,13H,1-3H2,(H2,8,10)(H,11,12);1H4;/q;;+1/p-2/t4-;;/m0../s1. The van der Waals surface area contributed by atoms with Gasteiger partial charge in [0.1, 0.15) is 0 Å². The summed E-state index contributed by atoms with van der Waals surface area (Å²) in [5, 5.41) is 10.5. The van der Waals surface area contributed by atoms with E-state index in [1.54, 1.807) is 0 Å². The Kier molecular flexibility index (Phi) is 16.2. The van der Waals surface area contributed by atoms with Gasteiger partial charge in [0, 0.05) is 0 Å². The third-order valence-electron chi connectivity index (χ3n) is 1.36. The monoisotopic (exact) mass is 320 g/mol. The van der Waals surface area contributed by atoms with Gasteiger partial charge in [-0.2, -0.15) is 0 Å². The van der Waals surface area contributed by atoms with Crippen molar-refractivity contribution in [3.63, 3.8) is 0 Å². The molecule has 0 aromatic heterocycles. The van der Waals surface area contributed by atoms with Gasteiger partial charge in [0.15, 0.2) is 0 Å². The van der Waals surface area contributed by atoms with Gasteiger partial charge in [0.05, 0.1) is 0 Å². The Morgan fingerprint density at radius 2 is 2.00 bits per heavy atom. The van der Waals surface area contributed by atoms with Crippen LogP contribution in [0.3, 0.4) is 0 Å². The van der Waals surface area contributed by atoms with Crippen molar-refractivity contribution in [3.8, 4) is 0 Å². The first kappa shape index (κ1) is 21.7. The molecule has 16 heavy (non-hydrogen) atoms. The second-order valence-corrected chi connectivity index (χ2v) is 3.78. The first-order chi connectivity index (χ1) is 6.47. The summed E-state index contributed by atoms with van der Waals surface area (Å²) in [6.45, 7) is 0. The van der Waals surface area contributed by atoms with E-state index in [1.807, 2.05) is 0 Å². The normalized spacial score (nSPS) is 11.9. The van der Waals surface area contributed by atoms with Crippen LogP contribution in [0.5, 0.6) is 0 Å². The van der Waals surface area contributed by atoms with E-state index in [0.717, 1.165) is 0 Å². The number of primary amides is 1. The molecule has 0 saturated carbocycles. The summed E-state index contributed by atoms with van der Waals surface area (Å²) in [7, 11) is 0. The molecule has 0 rings (SSSR count). The van der Waals surface area contributed by atoms with Crippen LogP contribution in [0.1, 0.15) is 20.3 Å². The molecule has 1 atom stereocenters. The van der Waals surface area contributed by atoms with E-state index in [1.165, 1.54) is 0 Å². The summed E-state index contributed by atoms with van der Waals surface area (Å²) in [6.07, 6.45) is 0.00500. The summed E-state index contributed by atoms with van der Waals surface area (Å²) in [6, 6.07) is -1.05. The number of carboxylic acids is 1. The molecule has 2 N–H and O–H groups in total. The Labute approximate surface area is 131 Å². The number of carbonyl (C=O) groups excluding carboxylic acids is 2. The largest absolute Gasteiger partial charge is 1.00 e. The van der Waals surface area contributed by atoms with Crippen molar-refractivity contribution in [2.24, 2.45) is 10.7 Å². The molecule has 0 heterocycles. The summed E-state index contributed by atoms with van der Waals surface area (Å²) in [5.41, 5.74) is 4.88. The van der Waals surface area contributed by atoms with Crippen molar-refractivity contribution in [1.82, 2.24) is 0 Å². The summed E-state index contributed by atoms with van der Waals surface area (Å²) < 4.78 is 0.415. The molecule has 0 aliphatic rings. The zero-order valence-corrected chi connectivity index (χ0v) is 12.8. The number of nitrogens with zero attached hydrogens (tertiary/aromatic N) is 1. The fraction of sp³-hybridized carbons (Fsp3) is 0.625. The third-order valence-corrected chi connectivity index (χ3v) is 2.57. The van der Waals surface area contributed by atoms with E-state index < -0.39 is 17.9 Å². The Bertz CT molecular complexity index is 264. The van der Waals surface area contributed by atoms with Crippen LogP contribution < -0.4 is 40.4 Å². The maximum absolute atomic E-state index is 10.5. The zero-order chi connectivity index (χ0) is 11.1. The van der Waals surface area contributed by atoms with Gasteiger partial charge in [-0.15, -0.1) is 0 Å². The molecule has 0 saturated heterocycles. The SMILES string of the molecule is C.NC(=O)CC[C@H](N=C([Se])C[S-])C(=O)[O-].[Na+]. The minimum Gasteiger partial charge on any atom is 1.00 e. The average molecular weight is 319 g/mol. The Morgan fingerprint density at radius 1 is 1.50 bits per heavy atom. The van der Waals surface area contributed by atoms with Crippen molar-refractivity contribution in [2.75, 3.05) is 5.75 Å². The van der Waals surface area contributed by atoms with Crippen LogP contribution in [0.4, 0.5) is 0 Å². The van der Waals surface area contributed by atoms with Crippen molar-refractivity contribution in [3.05, 3.63) is 0 Å². The summed E-state index contributed by atoms with van der Waals surface area (Å²) >= 11 is 7.19. The zero-order valence-electron chi connectivity index (χ0n) is 8.26. The average Bonchev–Trinajstić information content (AvgIpc) is 2.10. The van der Waals surface area contributed by atoms with Gasteiger partial charge in [0.25, 0.3) is 0 Å². The molecule has 0 aromatic carbocycles. The minimum atomic E-state index is -1.33. The van der Waals surface area contributed by atoms with Gasteiger partial charge in [-0.3, -0.25) is 0 Å². The number of hydrogen-bond donors (Lipinski definition) is 1. The summed E-state index contributed by atoms with van der Waals surface area (Å²) in [5.74, 6) is -1.69. The van der Waals surface area contributed by atoms with Crippen LogP contribution in [0, 0.1) is 0 Å². The fourth-order valence-corrected chi connectivity index (χ4v) is 1.07. The molecule has 8 heteroatoms. The van der Waals surface area contributed by atoms with Crippen LogP contribution >= 0.6 is 0 Å². The smallest absolute Gasteiger partial charge is 1.00 e. The molecule has 0 unspecified atom stereocenters. The number of carbonyl (C=O) groups is 2. The van der Waals surface area contributed by atoms with Gasteiger partial charge in [-0.1, -0.05) is 7.43 Å². The van der Waals surface area contributed by atoms with E-state index in [9.17, 15) is 14.7 Å². The van der Waals surface area contributed by atoms with E-state index >= 15 is 0 Å². The van der Waals surface area contributed by atoms with Gasteiger partial charge < -0.3 is 0 Å². The van der Waals surface area contributed by atoms with Gasteiger partial charge in [0.2, 0.25) is 0 Å². The third kappa shape index (κ3) is 11.0.